The molecule has 0 fully saturated rings. The number of hydrogen-bond acceptors (Lipinski definition) is 2. The molecule has 1 aromatic carbocycles. The van der Waals surface area contributed by atoms with E-state index in [2.05, 4.69) is 4.98 Å². The summed E-state index contributed by atoms with van der Waals surface area (Å²) in [7, 11) is 0. The summed E-state index contributed by atoms with van der Waals surface area (Å²) in [5.41, 5.74) is 7.85. The van der Waals surface area contributed by atoms with E-state index in [1.807, 2.05) is 19.1 Å². The molecule has 0 radical (unpaired) electrons. The van der Waals surface area contributed by atoms with E-state index in [0.29, 0.717) is 11.5 Å². The maximum atomic E-state index is 13.8. The van der Waals surface area contributed by atoms with Crippen LogP contribution in [0, 0.1) is 18.6 Å². The normalized spacial score (nSPS) is 11.1. The highest BCUT2D eigenvalue weighted by molar-refractivity contribution is 5.76. The zero-order valence-corrected chi connectivity index (χ0v) is 10.2. The van der Waals surface area contributed by atoms with E-state index in [4.69, 9.17) is 5.73 Å². The zero-order valence-electron chi connectivity index (χ0n) is 10.2. The van der Waals surface area contributed by atoms with Gasteiger partial charge in [-0.3, -0.25) is 4.40 Å². The van der Waals surface area contributed by atoms with Crippen LogP contribution < -0.4 is 5.73 Å². The fraction of sp³-hybridized carbons (Fsp3) is 0.0714. The Bertz CT molecular complexity index is 778. The number of nitrogen functional groups attached to an aromatic ring is 1. The summed E-state index contributed by atoms with van der Waals surface area (Å²) in [5.74, 6) is -1.55. The van der Waals surface area contributed by atoms with Gasteiger partial charge in [0.05, 0.1) is 0 Å². The molecule has 0 amide bonds. The molecule has 0 aliphatic carbocycles. The van der Waals surface area contributed by atoms with Gasteiger partial charge in [0, 0.05) is 11.8 Å². The first-order valence-corrected chi connectivity index (χ1v) is 5.77. The third kappa shape index (κ3) is 1.66. The smallest absolute Gasteiger partial charge is 0.168 e. The largest absolute Gasteiger partial charge is 0.383 e. The van der Waals surface area contributed by atoms with E-state index in [-0.39, 0.29) is 11.3 Å². The van der Waals surface area contributed by atoms with Crippen molar-refractivity contribution in [2.24, 2.45) is 0 Å². The number of aromatic nitrogens is 2. The molecule has 0 aliphatic rings. The average Bonchev–Trinajstić information content (AvgIpc) is 2.72. The molecule has 0 saturated heterocycles. The van der Waals surface area contributed by atoms with E-state index in [9.17, 15) is 8.78 Å². The average molecular weight is 259 g/mol. The van der Waals surface area contributed by atoms with Crippen LogP contribution in [0.1, 0.15) is 5.56 Å². The van der Waals surface area contributed by atoms with Gasteiger partial charge in [0.1, 0.15) is 17.2 Å². The molecule has 0 atom stereocenters. The van der Waals surface area contributed by atoms with Gasteiger partial charge in [-0.1, -0.05) is 12.1 Å². The van der Waals surface area contributed by atoms with E-state index in [0.717, 1.165) is 11.6 Å². The lowest BCUT2D eigenvalue weighted by atomic mass is 10.1. The maximum absolute atomic E-state index is 13.8. The van der Waals surface area contributed by atoms with Crippen molar-refractivity contribution < 1.29 is 8.78 Å². The number of pyridine rings is 1. The fourth-order valence-electron chi connectivity index (χ4n) is 2.11. The quantitative estimate of drug-likeness (QED) is 0.729. The van der Waals surface area contributed by atoms with Crippen molar-refractivity contribution >= 4 is 11.5 Å². The first-order valence-electron chi connectivity index (χ1n) is 5.77. The van der Waals surface area contributed by atoms with Gasteiger partial charge in [-0.25, -0.2) is 13.8 Å². The Labute approximate surface area is 108 Å². The molecule has 0 spiro atoms. The van der Waals surface area contributed by atoms with Crippen LogP contribution in [0.5, 0.6) is 0 Å². The van der Waals surface area contributed by atoms with Crippen molar-refractivity contribution in [1.29, 1.82) is 0 Å². The lowest BCUT2D eigenvalue weighted by Gasteiger charge is -2.01. The number of halogens is 2. The van der Waals surface area contributed by atoms with Crippen molar-refractivity contribution in [3.63, 3.8) is 0 Å². The van der Waals surface area contributed by atoms with Crippen LogP contribution in [-0.4, -0.2) is 9.38 Å². The predicted molar refractivity (Wildman–Crippen MR) is 69.7 cm³/mol. The number of imidazole rings is 1. The number of nitrogens with zero attached hydrogens (tertiary/aromatic N) is 2. The third-order valence-electron chi connectivity index (χ3n) is 3.09. The van der Waals surface area contributed by atoms with Crippen LogP contribution in [0.15, 0.2) is 36.5 Å². The SMILES string of the molecule is Cc1cccn2c(N)c(-c3cccc(F)c3F)nc12. The number of nitrogens with two attached hydrogens (primary N) is 1. The van der Waals surface area contributed by atoms with Crippen LogP contribution in [0.25, 0.3) is 16.9 Å². The Morgan fingerprint density at radius 1 is 1.16 bits per heavy atom. The summed E-state index contributed by atoms with van der Waals surface area (Å²) < 4.78 is 28.8. The predicted octanol–water partition coefficient (Wildman–Crippen LogP) is 3.17. The number of fused-ring (bicyclic) bond motifs is 1. The van der Waals surface area contributed by atoms with Crippen LogP contribution in [-0.2, 0) is 0 Å². The second kappa shape index (κ2) is 4.05. The molecule has 2 N–H and O–H groups in total. The number of benzene rings is 1. The van der Waals surface area contributed by atoms with E-state index in [1.54, 1.807) is 10.6 Å². The second-order valence-corrected chi connectivity index (χ2v) is 4.33. The molecule has 96 valence electrons. The summed E-state index contributed by atoms with van der Waals surface area (Å²) in [5, 5.41) is 0. The minimum absolute atomic E-state index is 0.0700. The van der Waals surface area contributed by atoms with E-state index >= 15 is 0 Å². The molecule has 0 aliphatic heterocycles. The highest BCUT2D eigenvalue weighted by Crippen LogP contribution is 2.30. The molecule has 2 heterocycles. The van der Waals surface area contributed by atoms with E-state index in [1.165, 1.54) is 12.1 Å². The van der Waals surface area contributed by atoms with Gasteiger partial charge in [-0.05, 0) is 30.7 Å². The van der Waals surface area contributed by atoms with Gasteiger partial charge in [0.2, 0.25) is 0 Å². The van der Waals surface area contributed by atoms with E-state index < -0.39 is 11.6 Å². The lowest BCUT2D eigenvalue weighted by Crippen LogP contribution is -1.96. The summed E-state index contributed by atoms with van der Waals surface area (Å²) in [6, 6.07) is 7.67. The van der Waals surface area contributed by atoms with Gasteiger partial charge in [-0.15, -0.1) is 0 Å². The molecule has 0 unspecified atom stereocenters. The first kappa shape index (κ1) is 11.6. The minimum atomic E-state index is -0.935. The topological polar surface area (TPSA) is 43.3 Å². The van der Waals surface area contributed by atoms with Gasteiger partial charge < -0.3 is 5.73 Å². The molecular weight excluding hydrogens is 248 g/mol. The molecule has 0 saturated carbocycles. The van der Waals surface area contributed by atoms with Crippen molar-refractivity contribution in [3.8, 4) is 11.3 Å². The molecule has 5 heteroatoms. The Morgan fingerprint density at radius 3 is 2.68 bits per heavy atom. The molecule has 3 rings (SSSR count). The third-order valence-corrected chi connectivity index (χ3v) is 3.09. The molecular formula is C14H11F2N3. The second-order valence-electron chi connectivity index (χ2n) is 4.33. The highest BCUT2D eigenvalue weighted by atomic mass is 19.2. The lowest BCUT2D eigenvalue weighted by molar-refractivity contribution is 0.511. The molecule has 2 aromatic heterocycles. The van der Waals surface area contributed by atoms with Gasteiger partial charge >= 0.3 is 0 Å². The van der Waals surface area contributed by atoms with Crippen LogP contribution in [0.2, 0.25) is 0 Å². The monoisotopic (exact) mass is 259 g/mol. The zero-order chi connectivity index (χ0) is 13.6. The maximum Gasteiger partial charge on any atom is 0.168 e. The number of anilines is 1. The van der Waals surface area contributed by atoms with Crippen LogP contribution in [0.3, 0.4) is 0 Å². The Kier molecular flexibility index (Phi) is 2.48. The Morgan fingerprint density at radius 2 is 1.95 bits per heavy atom. The van der Waals surface area contributed by atoms with Crippen LogP contribution in [0.4, 0.5) is 14.6 Å². The van der Waals surface area contributed by atoms with Crippen molar-refractivity contribution in [2.45, 2.75) is 6.92 Å². The molecule has 0 bridgehead atoms. The highest BCUT2D eigenvalue weighted by Gasteiger charge is 2.17. The summed E-state index contributed by atoms with van der Waals surface area (Å²) >= 11 is 0. The Balaban J connectivity index is 2.35. The van der Waals surface area contributed by atoms with Crippen LogP contribution >= 0.6 is 0 Å². The summed E-state index contributed by atoms with van der Waals surface area (Å²) in [4.78, 5) is 4.32. The Hall–Kier alpha value is -2.43. The van der Waals surface area contributed by atoms with Crippen molar-refractivity contribution in [3.05, 3.63) is 53.7 Å². The summed E-state index contributed by atoms with van der Waals surface area (Å²) in [6.45, 7) is 1.88. The number of aryl methyl sites for hydroxylation is 1. The first-order chi connectivity index (χ1) is 9.09. The van der Waals surface area contributed by atoms with Gasteiger partial charge in [0.15, 0.2) is 11.6 Å². The fourth-order valence-corrected chi connectivity index (χ4v) is 2.11. The van der Waals surface area contributed by atoms with Crippen molar-refractivity contribution in [2.75, 3.05) is 5.73 Å². The molecule has 19 heavy (non-hydrogen) atoms. The standard InChI is InChI=1S/C14H11F2N3/c1-8-4-3-7-19-13(17)12(18-14(8)19)9-5-2-6-10(15)11(9)16/h2-7H,17H2,1H3. The number of rotatable bonds is 1. The molecule has 3 aromatic rings. The van der Waals surface area contributed by atoms with Crippen molar-refractivity contribution in [1.82, 2.24) is 9.38 Å². The minimum Gasteiger partial charge on any atom is -0.383 e. The van der Waals surface area contributed by atoms with Gasteiger partial charge in [0.25, 0.3) is 0 Å². The summed E-state index contributed by atoms with van der Waals surface area (Å²) in [6.07, 6.45) is 1.74. The van der Waals surface area contributed by atoms with Gasteiger partial charge in [-0.2, -0.15) is 0 Å². The number of hydrogen-bond donors (Lipinski definition) is 1. The molecule has 3 nitrogen and oxygen atoms in total.